The van der Waals surface area contributed by atoms with Gasteiger partial charge in [-0.25, -0.2) is 0 Å². The number of nitrogens with zero attached hydrogens (tertiary/aromatic N) is 2. The number of carbonyl (C=O) groups excluding carboxylic acids is 1. The molecule has 1 amide bonds. The molecule has 1 unspecified atom stereocenters. The number of rotatable bonds is 5. The summed E-state index contributed by atoms with van der Waals surface area (Å²) in [6, 6.07) is 17.3. The summed E-state index contributed by atoms with van der Waals surface area (Å²) in [5.74, 6) is 1.39. The van der Waals surface area contributed by atoms with Crippen LogP contribution in [0, 0.1) is 13.8 Å². The molecule has 0 bridgehead atoms. The smallest absolute Gasteiger partial charge is 0.219 e. The molecule has 5 nitrogen and oxygen atoms in total. The summed E-state index contributed by atoms with van der Waals surface area (Å²) in [5.41, 5.74) is 2.72. The number of ether oxygens (including phenoxy) is 1. The Labute approximate surface area is 198 Å². The molecular formula is C28H38N2O3. The minimum absolute atomic E-state index is 0.00856. The zero-order valence-corrected chi connectivity index (χ0v) is 20.3. The van der Waals surface area contributed by atoms with Crippen LogP contribution in [0.2, 0.25) is 0 Å². The van der Waals surface area contributed by atoms with Gasteiger partial charge in [0, 0.05) is 32.6 Å². The Morgan fingerprint density at radius 1 is 1.00 bits per heavy atom. The van der Waals surface area contributed by atoms with E-state index in [4.69, 9.17) is 4.74 Å². The maximum Gasteiger partial charge on any atom is 0.219 e. The van der Waals surface area contributed by atoms with Gasteiger partial charge in [-0.2, -0.15) is 0 Å². The molecule has 1 saturated heterocycles. The Hall–Kier alpha value is -2.37. The number of hydrogen-bond donors (Lipinski definition) is 1. The second-order valence-corrected chi connectivity index (χ2v) is 10.1. The lowest BCUT2D eigenvalue weighted by Gasteiger charge is -2.39. The van der Waals surface area contributed by atoms with E-state index in [-0.39, 0.29) is 12.5 Å². The normalized spacial score (nSPS) is 26.6. The van der Waals surface area contributed by atoms with Crippen molar-refractivity contribution in [2.24, 2.45) is 0 Å². The highest BCUT2D eigenvalue weighted by Crippen LogP contribution is 2.35. The molecule has 2 aliphatic rings. The minimum atomic E-state index is -1.10. The Morgan fingerprint density at radius 2 is 1.73 bits per heavy atom. The minimum Gasteiger partial charge on any atom is -0.490 e. The molecule has 5 heteroatoms. The first-order chi connectivity index (χ1) is 15.8. The van der Waals surface area contributed by atoms with Crippen molar-refractivity contribution in [2.75, 3.05) is 32.8 Å². The van der Waals surface area contributed by atoms with Crippen LogP contribution in [0.25, 0.3) is 0 Å². The summed E-state index contributed by atoms with van der Waals surface area (Å²) in [5, 5.41) is 11.6. The number of benzene rings is 2. The standard InChI is InChI=1S/C28H38N2O3/c1-21-9-14-27(17-22(21)2)33-20-28(32)18-29(23(3)31)15-16-30(19-28)26-12-10-25(11-13-26)24-7-5-4-6-8-24/h4-9,14,17,25-26,32H,10-13,15-16,18-20H2,1-3H3. The summed E-state index contributed by atoms with van der Waals surface area (Å²) in [6.45, 7) is 8.19. The SMILES string of the molecule is CC(=O)N1CCN(C2CCC(c3ccccc3)CC2)CC(O)(COc2ccc(C)c(C)c2)C1. The molecule has 1 heterocycles. The molecule has 4 rings (SSSR count). The number of aryl methyl sites for hydroxylation is 2. The van der Waals surface area contributed by atoms with Gasteiger partial charge in [0.05, 0.1) is 6.54 Å². The van der Waals surface area contributed by atoms with Gasteiger partial charge in [0.15, 0.2) is 0 Å². The second kappa shape index (κ2) is 10.3. The molecule has 1 aliphatic heterocycles. The molecule has 33 heavy (non-hydrogen) atoms. The average molecular weight is 451 g/mol. The van der Waals surface area contributed by atoms with Crippen LogP contribution in [0.1, 0.15) is 55.2 Å². The lowest BCUT2D eigenvalue weighted by Crippen LogP contribution is -2.53. The number of β-amino-alcohol motifs (C(OH)–C–C–N with tert-alkyl or cyclic N) is 1. The molecule has 2 fully saturated rings. The van der Waals surface area contributed by atoms with Gasteiger partial charge >= 0.3 is 0 Å². The van der Waals surface area contributed by atoms with E-state index in [2.05, 4.69) is 49.1 Å². The van der Waals surface area contributed by atoms with Crippen LogP contribution < -0.4 is 4.74 Å². The number of hydrogen-bond acceptors (Lipinski definition) is 4. The molecule has 0 spiro atoms. The Bertz CT molecular complexity index is 939. The van der Waals surface area contributed by atoms with Gasteiger partial charge in [0.1, 0.15) is 18.0 Å². The van der Waals surface area contributed by atoms with Crippen molar-refractivity contribution in [3.8, 4) is 5.75 Å². The maximum atomic E-state index is 12.2. The molecular weight excluding hydrogens is 412 g/mol. The van der Waals surface area contributed by atoms with E-state index in [9.17, 15) is 9.90 Å². The predicted octanol–water partition coefficient (Wildman–Crippen LogP) is 4.30. The van der Waals surface area contributed by atoms with Crippen LogP contribution in [0.4, 0.5) is 0 Å². The molecule has 0 aromatic heterocycles. The molecule has 1 saturated carbocycles. The van der Waals surface area contributed by atoms with Gasteiger partial charge in [-0.1, -0.05) is 36.4 Å². The fourth-order valence-electron chi connectivity index (χ4n) is 5.38. The third-order valence-corrected chi connectivity index (χ3v) is 7.56. The fourth-order valence-corrected chi connectivity index (χ4v) is 5.38. The van der Waals surface area contributed by atoms with Crippen LogP contribution in [-0.2, 0) is 4.79 Å². The Kier molecular flexibility index (Phi) is 7.40. The lowest BCUT2D eigenvalue weighted by atomic mass is 9.81. The van der Waals surface area contributed by atoms with Gasteiger partial charge < -0.3 is 14.7 Å². The summed E-state index contributed by atoms with van der Waals surface area (Å²) in [6.07, 6.45) is 4.57. The first kappa shape index (κ1) is 23.8. The van der Waals surface area contributed by atoms with Gasteiger partial charge in [-0.15, -0.1) is 0 Å². The van der Waals surface area contributed by atoms with Crippen LogP contribution in [-0.4, -0.2) is 65.2 Å². The van der Waals surface area contributed by atoms with Crippen LogP contribution in [0.15, 0.2) is 48.5 Å². The Morgan fingerprint density at radius 3 is 2.39 bits per heavy atom. The molecule has 1 N–H and O–H groups in total. The summed E-state index contributed by atoms with van der Waals surface area (Å²) in [4.78, 5) is 16.4. The van der Waals surface area contributed by atoms with Crippen molar-refractivity contribution in [3.63, 3.8) is 0 Å². The van der Waals surface area contributed by atoms with Crippen molar-refractivity contribution in [1.29, 1.82) is 0 Å². The second-order valence-electron chi connectivity index (χ2n) is 10.1. The quantitative estimate of drug-likeness (QED) is 0.738. The van der Waals surface area contributed by atoms with Gasteiger partial charge in [0.2, 0.25) is 5.91 Å². The van der Waals surface area contributed by atoms with Gasteiger partial charge in [-0.05, 0) is 74.3 Å². The fraction of sp³-hybridized carbons (Fsp3) is 0.536. The predicted molar refractivity (Wildman–Crippen MR) is 132 cm³/mol. The van der Waals surface area contributed by atoms with E-state index in [0.717, 1.165) is 25.1 Å². The first-order valence-electron chi connectivity index (χ1n) is 12.3. The zero-order chi connectivity index (χ0) is 23.4. The van der Waals surface area contributed by atoms with Crippen molar-refractivity contribution >= 4 is 5.91 Å². The number of carbonyl (C=O) groups is 1. The highest BCUT2D eigenvalue weighted by Gasteiger charge is 2.39. The van der Waals surface area contributed by atoms with E-state index >= 15 is 0 Å². The third-order valence-electron chi connectivity index (χ3n) is 7.56. The van der Waals surface area contributed by atoms with Crippen LogP contribution >= 0.6 is 0 Å². The third kappa shape index (κ3) is 5.96. The van der Waals surface area contributed by atoms with E-state index in [0.29, 0.717) is 31.6 Å². The topological polar surface area (TPSA) is 53.0 Å². The average Bonchev–Trinajstić information content (AvgIpc) is 3.00. The summed E-state index contributed by atoms with van der Waals surface area (Å²) >= 11 is 0. The van der Waals surface area contributed by atoms with Gasteiger partial charge in [-0.3, -0.25) is 9.69 Å². The highest BCUT2D eigenvalue weighted by molar-refractivity contribution is 5.73. The summed E-state index contributed by atoms with van der Waals surface area (Å²) in [7, 11) is 0. The zero-order valence-electron chi connectivity index (χ0n) is 20.3. The molecule has 0 radical (unpaired) electrons. The van der Waals surface area contributed by atoms with Crippen LogP contribution in [0.3, 0.4) is 0 Å². The van der Waals surface area contributed by atoms with Crippen molar-refractivity contribution in [1.82, 2.24) is 9.80 Å². The van der Waals surface area contributed by atoms with Crippen molar-refractivity contribution in [3.05, 3.63) is 65.2 Å². The van der Waals surface area contributed by atoms with Crippen LogP contribution in [0.5, 0.6) is 5.75 Å². The van der Waals surface area contributed by atoms with Gasteiger partial charge in [0.25, 0.3) is 0 Å². The van der Waals surface area contributed by atoms with E-state index in [1.807, 2.05) is 18.2 Å². The molecule has 2 aromatic carbocycles. The number of aliphatic hydroxyl groups is 1. The molecule has 1 aliphatic carbocycles. The van der Waals surface area contributed by atoms with Crippen molar-refractivity contribution < 1.29 is 14.6 Å². The van der Waals surface area contributed by atoms with E-state index in [1.165, 1.54) is 29.5 Å². The summed E-state index contributed by atoms with van der Waals surface area (Å²) < 4.78 is 6.06. The monoisotopic (exact) mass is 450 g/mol. The van der Waals surface area contributed by atoms with E-state index in [1.54, 1.807) is 11.8 Å². The van der Waals surface area contributed by atoms with Crippen molar-refractivity contribution in [2.45, 2.75) is 64.0 Å². The Balaban J connectivity index is 1.43. The largest absolute Gasteiger partial charge is 0.490 e. The first-order valence-corrected chi connectivity index (χ1v) is 12.3. The highest BCUT2D eigenvalue weighted by atomic mass is 16.5. The number of amides is 1. The lowest BCUT2D eigenvalue weighted by molar-refractivity contribution is -0.132. The molecule has 2 aromatic rings. The molecule has 178 valence electrons. The molecule has 1 atom stereocenters. The maximum absolute atomic E-state index is 12.2. The van der Waals surface area contributed by atoms with E-state index < -0.39 is 5.60 Å².